The number of benzene rings is 1. The number of rotatable bonds is 3. The maximum atomic E-state index is 9.70. The van der Waals surface area contributed by atoms with Gasteiger partial charge in [-0.15, -0.1) is 0 Å². The Kier molecular flexibility index (Phi) is 6.17. The Labute approximate surface area is 132 Å². The van der Waals surface area contributed by atoms with E-state index >= 15 is 0 Å². The zero-order chi connectivity index (χ0) is 13.7. The third-order valence-corrected chi connectivity index (χ3v) is 4.99. The van der Waals surface area contributed by atoms with Crippen molar-refractivity contribution in [1.82, 2.24) is 5.32 Å². The van der Waals surface area contributed by atoms with E-state index in [2.05, 4.69) is 37.2 Å². The molecule has 0 amide bonds. The molecule has 1 fully saturated rings. The van der Waals surface area contributed by atoms with Gasteiger partial charge in [0.25, 0.3) is 0 Å². The molecule has 19 heavy (non-hydrogen) atoms. The van der Waals surface area contributed by atoms with Gasteiger partial charge in [0.05, 0.1) is 8.95 Å². The Bertz CT molecular complexity index is 392. The summed E-state index contributed by atoms with van der Waals surface area (Å²) in [5.74, 6) is 0.273. The third kappa shape index (κ3) is 4.76. The van der Waals surface area contributed by atoms with E-state index in [1.165, 1.54) is 50.5 Å². The van der Waals surface area contributed by atoms with Gasteiger partial charge < -0.3 is 10.4 Å². The van der Waals surface area contributed by atoms with E-state index in [1.807, 2.05) is 12.1 Å². The Morgan fingerprint density at radius 1 is 1.00 bits per heavy atom. The zero-order valence-corrected chi connectivity index (χ0v) is 14.3. The van der Waals surface area contributed by atoms with E-state index < -0.39 is 0 Å². The highest BCUT2D eigenvalue weighted by Gasteiger charge is 2.11. The maximum Gasteiger partial charge on any atom is 0.143 e. The number of phenolic OH excluding ortho intramolecular Hbond substituents is 1. The molecular formula is C15H21Br2NO. The van der Waals surface area contributed by atoms with Gasteiger partial charge in [-0.25, -0.2) is 0 Å². The number of phenols is 1. The summed E-state index contributed by atoms with van der Waals surface area (Å²) in [6, 6.07) is 4.61. The lowest BCUT2D eigenvalue weighted by molar-refractivity contribution is 0.389. The second-order valence-corrected chi connectivity index (χ2v) is 7.04. The van der Waals surface area contributed by atoms with Crippen molar-refractivity contribution in [2.75, 3.05) is 0 Å². The van der Waals surface area contributed by atoms with Crippen molar-refractivity contribution in [2.45, 2.75) is 57.5 Å². The second kappa shape index (κ2) is 7.65. The molecule has 1 aromatic rings. The number of nitrogens with one attached hydrogen (secondary N) is 1. The van der Waals surface area contributed by atoms with Gasteiger partial charge in [-0.2, -0.15) is 0 Å². The van der Waals surface area contributed by atoms with E-state index in [4.69, 9.17) is 0 Å². The molecule has 2 N–H and O–H groups in total. The number of aromatic hydroxyl groups is 1. The molecule has 2 rings (SSSR count). The van der Waals surface area contributed by atoms with Crippen LogP contribution in [0, 0.1) is 0 Å². The Hall–Kier alpha value is -0.0600. The van der Waals surface area contributed by atoms with Crippen LogP contribution in [0.25, 0.3) is 0 Å². The minimum atomic E-state index is 0.273. The normalized spacial score (nSPS) is 18.0. The van der Waals surface area contributed by atoms with Crippen LogP contribution < -0.4 is 5.32 Å². The minimum Gasteiger partial charge on any atom is -0.506 e. The van der Waals surface area contributed by atoms with Crippen LogP contribution in [0.4, 0.5) is 0 Å². The van der Waals surface area contributed by atoms with Gasteiger partial charge in [-0.05, 0) is 62.4 Å². The van der Waals surface area contributed by atoms with Crippen LogP contribution in [0.5, 0.6) is 5.75 Å². The van der Waals surface area contributed by atoms with Gasteiger partial charge in [-0.3, -0.25) is 0 Å². The van der Waals surface area contributed by atoms with Gasteiger partial charge in [0.2, 0.25) is 0 Å². The fraction of sp³-hybridized carbons (Fsp3) is 0.600. The smallest absolute Gasteiger partial charge is 0.143 e. The molecule has 0 unspecified atom stereocenters. The average Bonchev–Trinajstić information content (AvgIpc) is 2.34. The SMILES string of the molecule is Oc1c(Br)cc(CNC2CCCCCCC2)cc1Br. The standard InChI is InChI=1S/C15H21Br2NO/c16-13-8-11(9-14(17)15(13)19)10-18-12-6-4-2-1-3-5-7-12/h8-9,12,18-19H,1-7,10H2. The summed E-state index contributed by atoms with van der Waals surface area (Å²) in [6.45, 7) is 0.863. The van der Waals surface area contributed by atoms with E-state index in [1.54, 1.807) is 0 Å². The fourth-order valence-electron chi connectivity index (χ4n) is 2.64. The summed E-state index contributed by atoms with van der Waals surface area (Å²) in [6.07, 6.45) is 9.45. The van der Waals surface area contributed by atoms with Gasteiger partial charge in [0.15, 0.2) is 0 Å². The predicted molar refractivity (Wildman–Crippen MR) is 86.5 cm³/mol. The molecule has 0 aromatic heterocycles. The molecular weight excluding hydrogens is 370 g/mol. The first-order valence-corrected chi connectivity index (χ1v) is 8.65. The molecule has 0 saturated heterocycles. The van der Waals surface area contributed by atoms with Crippen molar-refractivity contribution < 1.29 is 5.11 Å². The quantitative estimate of drug-likeness (QED) is 0.750. The lowest BCUT2D eigenvalue weighted by Gasteiger charge is -2.21. The van der Waals surface area contributed by atoms with Crippen molar-refractivity contribution in [3.05, 3.63) is 26.6 Å². The summed E-state index contributed by atoms with van der Waals surface area (Å²) in [5, 5.41) is 13.4. The molecule has 1 aromatic carbocycles. The molecule has 4 heteroatoms. The van der Waals surface area contributed by atoms with Crippen molar-refractivity contribution in [2.24, 2.45) is 0 Å². The summed E-state index contributed by atoms with van der Waals surface area (Å²) in [7, 11) is 0. The first kappa shape index (κ1) is 15.3. The third-order valence-electron chi connectivity index (χ3n) is 3.78. The Balaban J connectivity index is 1.90. The summed E-state index contributed by atoms with van der Waals surface area (Å²) in [4.78, 5) is 0. The molecule has 1 saturated carbocycles. The number of hydrogen-bond acceptors (Lipinski definition) is 2. The summed E-state index contributed by atoms with van der Waals surface area (Å²) < 4.78 is 1.49. The molecule has 0 bridgehead atoms. The summed E-state index contributed by atoms with van der Waals surface area (Å²) >= 11 is 6.76. The van der Waals surface area contributed by atoms with E-state index in [0.29, 0.717) is 6.04 Å². The molecule has 106 valence electrons. The highest BCUT2D eigenvalue weighted by atomic mass is 79.9. The Morgan fingerprint density at radius 2 is 1.53 bits per heavy atom. The molecule has 1 aliphatic carbocycles. The second-order valence-electron chi connectivity index (χ2n) is 5.33. The van der Waals surface area contributed by atoms with Crippen LogP contribution in [0.1, 0.15) is 50.5 Å². The highest BCUT2D eigenvalue weighted by Crippen LogP contribution is 2.33. The van der Waals surface area contributed by atoms with Crippen LogP contribution in [0.2, 0.25) is 0 Å². The lowest BCUT2D eigenvalue weighted by Crippen LogP contribution is -2.29. The van der Waals surface area contributed by atoms with Crippen LogP contribution >= 0.6 is 31.9 Å². The first-order valence-electron chi connectivity index (χ1n) is 7.07. The first-order chi connectivity index (χ1) is 9.16. The van der Waals surface area contributed by atoms with E-state index in [-0.39, 0.29) is 5.75 Å². The predicted octanol–water partition coefficient (Wildman–Crippen LogP) is 5.12. The molecule has 2 nitrogen and oxygen atoms in total. The molecule has 0 aliphatic heterocycles. The summed E-state index contributed by atoms with van der Waals surface area (Å²) in [5.41, 5.74) is 1.19. The largest absolute Gasteiger partial charge is 0.506 e. The zero-order valence-electron chi connectivity index (χ0n) is 11.1. The van der Waals surface area contributed by atoms with Gasteiger partial charge >= 0.3 is 0 Å². The molecule has 0 atom stereocenters. The van der Waals surface area contributed by atoms with Crippen LogP contribution in [0.3, 0.4) is 0 Å². The number of halogens is 2. The lowest BCUT2D eigenvalue weighted by atomic mass is 9.96. The van der Waals surface area contributed by atoms with E-state index in [9.17, 15) is 5.11 Å². The van der Waals surface area contributed by atoms with Crippen LogP contribution in [-0.2, 0) is 6.54 Å². The van der Waals surface area contributed by atoms with Gasteiger partial charge in [0.1, 0.15) is 5.75 Å². The topological polar surface area (TPSA) is 32.3 Å². The van der Waals surface area contributed by atoms with E-state index in [0.717, 1.165) is 15.5 Å². The van der Waals surface area contributed by atoms with Crippen molar-refractivity contribution in [1.29, 1.82) is 0 Å². The maximum absolute atomic E-state index is 9.70. The fourth-order valence-corrected chi connectivity index (χ4v) is 3.92. The van der Waals surface area contributed by atoms with Crippen molar-refractivity contribution >= 4 is 31.9 Å². The van der Waals surface area contributed by atoms with Crippen LogP contribution in [-0.4, -0.2) is 11.1 Å². The molecule has 0 spiro atoms. The van der Waals surface area contributed by atoms with Gasteiger partial charge in [-0.1, -0.05) is 32.1 Å². The van der Waals surface area contributed by atoms with Gasteiger partial charge in [0, 0.05) is 12.6 Å². The minimum absolute atomic E-state index is 0.273. The van der Waals surface area contributed by atoms with Crippen LogP contribution in [0.15, 0.2) is 21.1 Å². The average molecular weight is 391 g/mol. The highest BCUT2D eigenvalue weighted by molar-refractivity contribution is 9.11. The molecule has 1 aliphatic rings. The van der Waals surface area contributed by atoms with Crippen molar-refractivity contribution in [3.8, 4) is 5.75 Å². The number of hydrogen-bond donors (Lipinski definition) is 2. The molecule has 0 heterocycles. The molecule has 0 radical (unpaired) electrons. The monoisotopic (exact) mass is 389 g/mol. The van der Waals surface area contributed by atoms with Crippen molar-refractivity contribution in [3.63, 3.8) is 0 Å². The Morgan fingerprint density at radius 3 is 2.11 bits per heavy atom.